The van der Waals surface area contributed by atoms with Crippen molar-refractivity contribution in [1.82, 2.24) is 14.7 Å². The predicted molar refractivity (Wildman–Crippen MR) is 137 cm³/mol. The van der Waals surface area contributed by atoms with Gasteiger partial charge in [-0.05, 0) is 56.0 Å². The molecule has 184 valence electrons. The largest absolute Gasteiger partial charge is 0.496 e. The molecule has 0 unspecified atom stereocenters. The Morgan fingerprint density at radius 3 is 2.29 bits per heavy atom. The molecule has 0 bridgehead atoms. The van der Waals surface area contributed by atoms with Crippen LogP contribution in [0.1, 0.15) is 24.0 Å². The third-order valence-corrected chi connectivity index (χ3v) is 7.72. The second-order valence-corrected chi connectivity index (χ2v) is 9.87. The Bertz CT molecular complexity index is 940. The third-order valence-electron chi connectivity index (χ3n) is 7.35. The first-order chi connectivity index (χ1) is 16.5. The normalized spacial score (nSPS) is 19.2. The summed E-state index contributed by atoms with van der Waals surface area (Å²) < 4.78 is 5.48. The minimum absolute atomic E-state index is 0.117. The first-order valence-electron chi connectivity index (χ1n) is 12.4. The second-order valence-electron chi connectivity index (χ2n) is 9.46. The van der Waals surface area contributed by atoms with Crippen molar-refractivity contribution in [2.24, 2.45) is 11.7 Å². The molecule has 2 heterocycles. The van der Waals surface area contributed by atoms with Gasteiger partial charge in [0, 0.05) is 49.9 Å². The number of piperidine rings is 1. The van der Waals surface area contributed by atoms with E-state index in [1.807, 2.05) is 41.3 Å². The van der Waals surface area contributed by atoms with Crippen LogP contribution in [-0.2, 0) is 17.8 Å². The van der Waals surface area contributed by atoms with Crippen molar-refractivity contribution in [2.45, 2.75) is 31.8 Å². The standard InChI is InChI=1S/C27H37ClN4O2/c1-34-25-9-5-3-7-23(25)20-31-16-18-32(19-17-31)27(33)26(29)22-11-14-30(15-12-22)13-10-21-6-2-4-8-24(21)28/h2-9,22,26H,10-20,29H2,1H3/t26-/m1/s1. The number of nitrogens with two attached hydrogens (primary N) is 1. The molecule has 0 radical (unpaired) electrons. The molecule has 0 spiro atoms. The van der Waals surface area contributed by atoms with Crippen molar-refractivity contribution in [3.8, 4) is 5.75 Å². The Balaban J connectivity index is 1.19. The Morgan fingerprint density at radius 2 is 1.62 bits per heavy atom. The van der Waals surface area contributed by atoms with E-state index in [0.717, 1.165) is 82.4 Å². The molecule has 7 heteroatoms. The number of likely N-dealkylation sites (tertiary alicyclic amines) is 1. The van der Waals surface area contributed by atoms with E-state index in [4.69, 9.17) is 22.1 Å². The van der Waals surface area contributed by atoms with Gasteiger partial charge >= 0.3 is 0 Å². The van der Waals surface area contributed by atoms with Crippen LogP contribution in [0.5, 0.6) is 5.75 Å². The summed E-state index contributed by atoms with van der Waals surface area (Å²) in [6.07, 6.45) is 2.90. The number of piperazine rings is 1. The number of rotatable bonds is 8. The van der Waals surface area contributed by atoms with E-state index in [2.05, 4.69) is 21.9 Å². The maximum atomic E-state index is 13.1. The van der Waals surface area contributed by atoms with Crippen molar-refractivity contribution in [3.63, 3.8) is 0 Å². The summed E-state index contributed by atoms with van der Waals surface area (Å²) in [7, 11) is 1.71. The van der Waals surface area contributed by atoms with Crippen molar-refractivity contribution >= 4 is 17.5 Å². The lowest BCUT2D eigenvalue weighted by molar-refractivity contribution is -0.136. The van der Waals surface area contributed by atoms with E-state index in [1.54, 1.807) is 7.11 Å². The summed E-state index contributed by atoms with van der Waals surface area (Å²) in [6, 6.07) is 15.8. The Kier molecular flexibility index (Phi) is 8.84. The van der Waals surface area contributed by atoms with Crippen LogP contribution in [0.2, 0.25) is 5.02 Å². The molecule has 34 heavy (non-hydrogen) atoms. The van der Waals surface area contributed by atoms with Crippen LogP contribution in [0.3, 0.4) is 0 Å². The number of carbonyl (C=O) groups excluding carboxylic acids is 1. The van der Waals surface area contributed by atoms with E-state index in [1.165, 1.54) is 11.1 Å². The van der Waals surface area contributed by atoms with Crippen LogP contribution in [0.25, 0.3) is 0 Å². The van der Waals surface area contributed by atoms with Crippen molar-refractivity contribution in [3.05, 3.63) is 64.7 Å². The fraction of sp³-hybridized carbons (Fsp3) is 0.519. The van der Waals surface area contributed by atoms with Crippen molar-refractivity contribution in [2.75, 3.05) is 52.9 Å². The van der Waals surface area contributed by atoms with Crippen LogP contribution < -0.4 is 10.5 Å². The van der Waals surface area contributed by atoms with Gasteiger partial charge in [0.1, 0.15) is 5.75 Å². The smallest absolute Gasteiger partial charge is 0.239 e. The summed E-state index contributed by atoms with van der Waals surface area (Å²) in [5.41, 5.74) is 8.87. The highest BCUT2D eigenvalue weighted by molar-refractivity contribution is 6.31. The molecule has 2 aliphatic heterocycles. The quantitative estimate of drug-likeness (QED) is 0.623. The number of amides is 1. The van der Waals surface area contributed by atoms with E-state index in [9.17, 15) is 4.79 Å². The summed E-state index contributed by atoms with van der Waals surface area (Å²) in [6.45, 7) is 6.99. The average Bonchev–Trinajstić information content (AvgIpc) is 2.88. The predicted octanol–water partition coefficient (Wildman–Crippen LogP) is 3.27. The van der Waals surface area contributed by atoms with Crippen LogP contribution in [-0.4, -0.2) is 79.6 Å². The van der Waals surface area contributed by atoms with Gasteiger partial charge in [-0.15, -0.1) is 0 Å². The molecule has 2 aromatic carbocycles. The molecule has 0 aliphatic carbocycles. The fourth-order valence-corrected chi connectivity index (χ4v) is 5.36. The molecule has 4 rings (SSSR count). The SMILES string of the molecule is COc1ccccc1CN1CCN(C(=O)[C@H](N)C2CCN(CCc3ccccc3Cl)CC2)CC1. The number of nitrogens with zero attached hydrogens (tertiary/aromatic N) is 3. The van der Waals surface area contributed by atoms with Gasteiger partial charge in [-0.3, -0.25) is 9.69 Å². The number of halogens is 1. The van der Waals surface area contributed by atoms with Gasteiger partial charge in [-0.2, -0.15) is 0 Å². The van der Waals surface area contributed by atoms with Gasteiger partial charge in [0.05, 0.1) is 13.2 Å². The highest BCUT2D eigenvalue weighted by atomic mass is 35.5. The molecule has 2 saturated heterocycles. The summed E-state index contributed by atoms with van der Waals surface area (Å²) in [5, 5.41) is 0.841. The number of carbonyl (C=O) groups is 1. The van der Waals surface area contributed by atoms with Gasteiger partial charge in [0.15, 0.2) is 0 Å². The van der Waals surface area contributed by atoms with Crippen LogP contribution >= 0.6 is 11.6 Å². The molecule has 2 N–H and O–H groups in total. The van der Waals surface area contributed by atoms with Crippen LogP contribution in [0.4, 0.5) is 0 Å². The Hall–Kier alpha value is -2.12. The Morgan fingerprint density at radius 1 is 0.971 bits per heavy atom. The lowest BCUT2D eigenvalue weighted by Gasteiger charge is -2.39. The van der Waals surface area contributed by atoms with E-state index < -0.39 is 6.04 Å². The summed E-state index contributed by atoms with van der Waals surface area (Å²) in [5.74, 6) is 1.29. The molecular weight excluding hydrogens is 448 g/mol. The molecular formula is C27H37ClN4O2. The van der Waals surface area contributed by atoms with Crippen molar-refractivity contribution in [1.29, 1.82) is 0 Å². The number of hydrogen-bond acceptors (Lipinski definition) is 5. The van der Waals surface area contributed by atoms with E-state index in [-0.39, 0.29) is 11.8 Å². The first kappa shape index (κ1) is 25.0. The summed E-state index contributed by atoms with van der Waals surface area (Å²) in [4.78, 5) is 19.9. The molecule has 6 nitrogen and oxygen atoms in total. The molecule has 1 atom stereocenters. The first-order valence-corrected chi connectivity index (χ1v) is 12.8. The number of ether oxygens (including phenoxy) is 1. The fourth-order valence-electron chi connectivity index (χ4n) is 5.13. The lowest BCUT2D eigenvalue weighted by atomic mass is 9.88. The van der Waals surface area contributed by atoms with Crippen LogP contribution in [0, 0.1) is 5.92 Å². The minimum atomic E-state index is -0.397. The zero-order chi connectivity index (χ0) is 23.9. The van der Waals surface area contributed by atoms with Gasteiger partial charge in [-0.1, -0.05) is 48.0 Å². The maximum absolute atomic E-state index is 13.1. The number of methoxy groups -OCH3 is 1. The minimum Gasteiger partial charge on any atom is -0.496 e. The topological polar surface area (TPSA) is 62.0 Å². The number of hydrogen-bond donors (Lipinski definition) is 1. The molecule has 0 aromatic heterocycles. The molecule has 2 aromatic rings. The van der Waals surface area contributed by atoms with Gasteiger partial charge in [-0.25, -0.2) is 0 Å². The lowest BCUT2D eigenvalue weighted by Crippen LogP contribution is -2.55. The average molecular weight is 485 g/mol. The molecule has 0 saturated carbocycles. The van der Waals surface area contributed by atoms with Crippen molar-refractivity contribution < 1.29 is 9.53 Å². The zero-order valence-electron chi connectivity index (χ0n) is 20.2. The highest BCUT2D eigenvalue weighted by Crippen LogP contribution is 2.24. The van der Waals surface area contributed by atoms with Crippen LogP contribution in [0.15, 0.2) is 48.5 Å². The second kappa shape index (κ2) is 12.0. The molecule has 2 fully saturated rings. The molecule has 1 amide bonds. The Labute approximate surface area is 208 Å². The monoisotopic (exact) mass is 484 g/mol. The third kappa shape index (κ3) is 6.30. The van der Waals surface area contributed by atoms with Gasteiger partial charge < -0.3 is 20.3 Å². The van der Waals surface area contributed by atoms with Gasteiger partial charge in [0.25, 0.3) is 0 Å². The van der Waals surface area contributed by atoms with E-state index in [0.29, 0.717) is 0 Å². The van der Waals surface area contributed by atoms with Gasteiger partial charge in [0.2, 0.25) is 5.91 Å². The zero-order valence-corrected chi connectivity index (χ0v) is 20.9. The van der Waals surface area contributed by atoms with E-state index >= 15 is 0 Å². The maximum Gasteiger partial charge on any atom is 0.239 e. The number of benzene rings is 2. The molecule has 2 aliphatic rings. The highest BCUT2D eigenvalue weighted by Gasteiger charge is 2.32. The summed E-state index contributed by atoms with van der Waals surface area (Å²) >= 11 is 6.29. The number of para-hydroxylation sites is 1.